The van der Waals surface area contributed by atoms with Gasteiger partial charge in [0.2, 0.25) is 0 Å². The summed E-state index contributed by atoms with van der Waals surface area (Å²) in [6, 6.07) is 8.07. The fourth-order valence-electron chi connectivity index (χ4n) is 4.69. The van der Waals surface area contributed by atoms with E-state index in [0.717, 1.165) is 49.8 Å². The van der Waals surface area contributed by atoms with Crippen molar-refractivity contribution in [3.8, 4) is 0 Å². The van der Waals surface area contributed by atoms with Crippen LogP contribution in [0, 0.1) is 5.92 Å². The van der Waals surface area contributed by atoms with Gasteiger partial charge in [0.05, 0.1) is 11.0 Å². The van der Waals surface area contributed by atoms with Gasteiger partial charge in [-0.25, -0.2) is 9.18 Å². The predicted octanol–water partition coefficient (Wildman–Crippen LogP) is 3.88. The number of alkyl halides is 1. The molecule has 0 bridgehead atoms. The van der Waals surface area contributed by atoms with Crippen molar-refractivity contribution in [1.82, 2.24) is 14.5 Å². The van der Waals surface area contributed by atoms with Crippen molar-refractivity contribution in [1.29, 1.82) is 0 Å². The van der Waals surface area contributed by atoms with E-state index in [9.17, 15) is 9.18 Å². The first-order valence-corrected chi connectivity index (χ1v) is 9.78. The van der Waals surface area contributed by atoms with E-state index < -0.39 is 6.17 Å². The molecule has 5 heteroatoms. The van der Waals surface area contributed by atoms with Gasteiger partial charge in [0.1, 0.15) is 6.17 Å². The van der Waals surface area contributed by atoms with Gasteiger partial charge >= 0.3 is 5.69 Å². The van der Waals surface area contributed by atoms with Gasteiger partial charge < -0.3 is 9.88 Å². The van der Waals surface area contributed by atoms with Gasteiger partial charge in [0.15, 0.2) is 0 Å². The molecule has 0 radical (unpaired) electrons. The molecule has 4 nitrogen and oxygen atoms in total. The topological polar surface area (TPSA) is 41.0 Å². The monoisotopic (exact) mass is 345 g/mol. The van der Waals surface area contributed by atoms with Crippen molar-refractivity contribution in [3.05, 3.63) is 34.7 Å². The molecule has 1 saturated carbocycles. The summed E-state index contributed by atoms with van der Waals surface area (Å²) in [6.45, 7) is 2.33. The van der Waals surface area contributed by atoms with E-state index in [2.05, 4.69) is 9.88 Å². The minimum atomic E-state index is -0.687. The first-order valence-electron chi connectivity index (χ1n) is 9.78. The van der Waals surface area contributed by atoms with E-state index in [-0.39, 0.29) is 17.6 Å². The first kappa shape index (κ1) is 16.8. The fourth-order valence-corrected chi connectivity index (χ4v) is 4.69. The Labute approximate surface area is 148 Å². The van der Waals surface area contributed by atoms with Gasteiger partial charge in [-0.2, -0.15) is 0 Å². The Morgan fingerprint density at radius 3 is 2.56 bits per heavy atom. The zero-order chi connectivity index (χ0) is 17.2. The van der Waals surface area contributed by atoms with Gasteiger partial charge in [0, 0.05) is 25.7 Å². The number of aromatic amines is 1. The maximum Gasteiger partial charge on any atom is 0.326 e. The summed E-state index contributed by atoms with van der Waals surface area (Å²) >= 11 is 0. The molecule has 0 amide bonds. The van der Waals surface area contributed by atoms with Crippen LogP contribution >= 0.6 is 0 Å². The molecular weight excluding hydrogens is 317 g/mol. The van der Waals surface area contributed by atoms with Crippen LogP contribution in [-0.2, 0) is 0 Å². The number of likely N-dealkylation sites (tertiary alicyclic amines) is 1. The molecule has 25 heavy (non-hydrogen) atoms. The van der Waals surface area contributed by atoms with Crippen molar-refractivity contribution in [2.24, 2.45) is 5.92 Å². The molecule has 0 spiro atoms. The number of nitrogens with zero attached hydrogens (tertiary/aromatic N) is 2. The van der Waals surface area contributed by atoms with Crippen LogP contribution in [0.15, 0.2) is 29.1 Å². The highest BCUT2D eigenvalue weighted by Crippen LogP contribution is 2.30. The molecule has 4 rings (SSSR count). The van der Waals surface area contributed by atoms with Gasteiger partial charge in [-0.15, -0.1) is 0 Å². The molecule has 2 aromatic rings. The van der Waals surface area contributed by atoms with E-state index in [0.29, 0.717) is 6.54 Å². The van der Waals surface area contributed by atoms with Crippen molar-refractivity contribution < 1.29 is 4.39 Å². The number of nitrogens with one attached hydrogen (secondary N) is 1. The van der Waals surface area contributed by atoms with Crippen LogP contribution in [0.25, 0.3) is 11.0 Å². The van der Waals surface area contributed by atoms with E-state index in [4.69, 9.17) is 0 Å². The summed E-state index contributed by atoms with van der Waals surface area (Å²) in [4.78, 5) is 17.5. The molecule has 1 aromatic heterocycles. The molecule has 0 unspecified atom stereocenters. The highest BCUT2D eigenvalue weighted by atomic mass is 19.1. The number of benzene rings is 1. The third-order valence-corrected chi connectivity index (χ3v) is 6.14. The molecule has 136 valence electrons. The number of H-pyrrole nitrogens is 1. The average Bonchev–Trinajstić information content (AvgIpc) is 2.99. The summed E-state index contributed by atoms with van der Waals surface area (Å²) in [5.41, 5.74) is 1.86. The molecule has 1 atom stereocenters. The summed E-state index contributed by atoms with van der Waals surface area (Å²) in [6.07, 6.45) is 6.91. The van der Waals surface area contributed by atoms with Crippen molar-refractivity contribution in [2.75, 3.05) is 19.6 Å². The van der Waals surface area contributed by atoms with Crippen LogP contribution in [0.2, 0.25) is 0 Å². The number of fused-ring (bicyclic) bond motifs is 1. The Balaban J connectivity index is 1.38. The highest BCUT2D eigenvalue weighted by molar-refractivity contribution is 5.75. The van der Waals surface area contributed by atoms with E-state index in [1.807, 2.05) is 28.8 Å². The SMILES string of the molecule is O=c1[nH]c2ccccc2n1C1CCN(C[C@@H](F)C2CCCCC2)CC1. The van der Waals surface area contributed by atoms with Gasteiger partial charge in [0.25, 0.3) is 0 Å². The Kier molecular flexibility index (Phi) is 4.93. The standard InChI is InChI=1S/C20H28FN3O/c21-17(15-6-2-1-3-7-15)14-23-12-10-16(11-13-23)24-19-9-5-4-8-18(19)22-20(24)25/h4-5,8-9,15-17H,1-3,6-7,10-14H2,(H,22,25)/t17-/m1/s1. The molecule has 1 saturated heterocycles. The van der Waals surface area contributed by atoms with Crippen LogP contribution in [0.5, 0.6) is 0 Å². The number of piperidine rings is 1. The van der Waals surface area contributed by atoms with Crippen LogP contribution in [0.4, 0.5) is 4.39 Å². The van der Waals surface area contributed by atoms with Crippen LogP contribution in [0.1, 0.15) is 51.0 Å². The minimum Gasteiger partial charge on any atom is -0.306 e. The number of rotatable bonds is 4. The zero-order valence-electron chi connectivity index (χ0n) is 14.8. The van der Waals surface area contributed by atoms with E-state index >= 15 is 0 Å². The van der Waals surface area contributed by atoms with Crippen molar-refractivity contribution >= 4 is 11.0 Å². The Morgan fingerprint density at radius 2 is 1.80 bits per heavy atom. The van der Waals surface area contributed by atoms with Gasteiger partial charge in [-0.05, 0) is 43.7 Å². The highest BCUT2D eigenvalue weighted by Gasteiger charge is 2.28. The molecular formula is C20H28FN3O. The van der Waals surface area contributed by atoms with Crippen molar-refractivity contribution in [3.63, 3.8) is 0 Å². The normalized spacial score (nSPS) is 22.4. The molecule has 1 aromatic carbocycles. The lowest BCUT2D eigenvalue weighted by molar-refractivity contribution is 0.0978. The zero-order valence-corrected chi connectivity index (χ0v) is 14.8. The third kappa shape index (κ3) is 3.52. The summed E-state index contributed by atoms with van der Waals surface area (Å²) in [5.74, 6) is 0.266. The Bertz CT molecular complexity index is 754. The summed E-state index contributed by atoms with van der Waals surface area (Å²) in [5, 5.41) is 0. The Morgan fingerprint density at radius 1 is 1.08 bits per heavy atom. The maximum absolute atomic E-state index is 14.6. The predicted molar refractivity (Wildman–Crippen MR) is 98.7 cm³/mol. The quantitative estimate of drug-likeness (QED) is 0.913. The van der Waals surface area contributed by atoms with Crippen LogP contribution in [0.3, 0.4) is 0 Å². The number of imidazole rings is 1. The molecule has 2 heterocycles. The van der Waals surface area contributed by atoms with E-state index in [1.165, 1.54) is 19.3 Å². The number of para-hydroxylation sites is 2. The lowest BCUT2D eigenvalue weighted by Crippen LogP contribution is -2.41. The largest absolute Gasteiger partial charge is 0.326 e. The fraction of sp³-hybridized carbons (Fsp3) is 0.650. The number of hydrogen-bond acceptors (Lipinski definition) is 2. The third-order valence-electron chi connectivity index (χ3n) is 6.14. The summed E-state index contributed by atoms with van der Waals surface area (Å²) in [7, 11) is 0. The number of aromatic nitrogens is 2. The lowest BCUT2D eigenvalue weighted by atomic mass is 9.85. The number of halogens is 1. The summed E-state index contributed by atoms with van der Waals surface area (Å²) < 4.78 is 16.5. The second kappa shape index (κ2) is 7.32. The second-order valence-electron chi connectivity index (χ2n) is 7.76. The smallest absolute Gasteiger partial charge is 0.306 e. The molecule has 1 N–H and O–H groups in total. The van der Waals surface area contributed by atoms with Crippen molar-refractivity contribution in [2.45, 2.75) is 57.2 Å². The van der Waals surface area contributed by atoms with Crippen LogP contribution in [-0.4, -0.2) is 40.3 Å². The van der Waals surface area contributed by atoms with Crippen LogP contribution < -0.4 is 5.69 Å². The molecule has 2 aliphatic rings. The molecule has 1 aliphatic carbocycles. The molecule has 2 fully saturated rings. The Hall–Kier alpha value is -1.62. The number of hydrogen-bond donors (Lipinski definition) is 1. The van der Waals surface area contributed by atoms with E-state index in [1.54, 1.807) is 0 Å². The minimum absolute atomic E-state index is 0.0229. The average molecular weight is 345 g/mol. The maximum atomic E-state index is 14.6. The molecule has 1 aliphatic heterocycles. The van der Waals surface area contributed by atoms with Gasteiger partial charge in [-0.1, -0.05) is 31.4 Å². The van der Waals surface area contributed by atoms with Gasteiger partial charge in [-0.3, -0.25) is 4.57 Å². The first-order chi connectivity index (χ1) is 12.2. The second-order valence-corrected chi connectivity index (χ2v) is 7.76. The lowest BCUT2D eigenvalue weighted by Gasteiger charge is -2.35.